The van der Waals surface area contributed by atoms with E-state index in [1.807, 2.05) is 32.6 Å². The summed E-state index contributed by atoms with van der Waals surface area (Å²) in [5.74, 6) is -0.0171. The summed E-state index contributed by atoms with van der Waals surface area (Å²) >= 11 is 1.52. The van der Waals surface area contributed by atoms with Gasteiger partial charge in [-0.25, -0.2) is 4.98 Å². The molecule has 2 aromatic rings. The number of carbonyl (C=O) groups excluding carboxylic acids is 1. The maximum Gasteiger partial charge on any atom is 0.262 e. The predicted octanol–water partition coefficient (Wildman–Crippen LogP) is 2.72. The zero-order valence-corrected chi connectivity index (χ0v) is 14.5. The van der Waals surface area contributed by atoms with E-state index in [0.717, 1.165) is 41.2 Å². The fourth-order valence-corrected chi connectivity index (χ4v) is 3.52. The second kappa shape index (κ2) is 7.05. The molecule has 0 spiro atoms. The first-order valence-corrected chi connectivity index (χ1v) is 8.54. The lowest BCUT2D eigenvalue weighted by Gasteiger charge is -2.21. The number of aromatic nitrogens is 2. The van der Waals surface area contributed by atoms with Gasteiger partial charge in [-0.15, -0.1) is 11.3 Å². The van der Waals surface area contributed by atoms with Gasteiger partial charge in [-0.2, -0.15) is 0 Å². The van der Waals surface area contributed by atoms with Crippen LogP contribution in [0.1, 0.15) is 37.1 Å². The van der Waals surface area contributed by atoms with Crippen molar-refractivity contribution < 1.29 is 4.79 Å². The van der Waals surface area contributed by atoms with Crippen LogP contribution in [0.4, 0.5) is 0 Å². The van der Waals surface area contributed by atoms with Crippen LogP contribution >= 0.6 is 11.3 Å². The molecule has 2 aromatic heterocycles. The van der Waals surface area contributed by atoms with E-state index in [-0.39, 0.29) is 18.0 Å². The molecule has 120 valence electrons. The molecule has 22 heavy (non-hydrogen) atoms. The number of amides is 1. The van der Waals surface area contributed by atoms with Crippen molar-refractivity contribution in [2.24, 2.45) is 0 Å². The average Bonchev–Trinajstić information content (AvgIpc) is 2.77. The Balaban J connectivity index is 2.31. The summed E-state index contributed by atoms with van der Waals surface area (Å²) in [6.45, 7) is 9.54. The highest BCUT2D eigenvalue weighted by atomic mass is 32.1. The van der Waals surface area contributed by atoms with Crippen molar-refractivity contribution >= 4 is 27.5 Å². The fraction of sp³-hybridized carbons (Fsp3) is 0.562. The molecule has 1 amide bonds. The lowest BCUT2D eigenvalue weighted by molar-refractivity contribution is -0.132. The molecular formula is C16H23N3O2S. The Hall–Kier alpha value is -1.69. The van der Waals surface area contributed by atoms with Crippen LogP contribution in [0.25, 0.3) is 10.2 Å². The fourth-order valence-electron chi connectivity index (χ4n) is 2.53. The molecule has 2 heterocycles. The number of thiophene rings is 1. The summed E-state index contributed by atoms with van der Waals surface area (Å²) < 4.78 is 1.43. The Morgan fingerprint density at radius 2 is 1.91 bits per heavy atom. The Morgan fingerprint density at radius 1 is 1.27 bits per heavy atom. The molecule has 0 saturated heterocycles. The molecular weight excluding hydrogens is 298 g/mol. The first kappa shape index (κ1) is 16.7. The number of nitrogens with zero attached hydrogens (tertiary/aromatic N) is 3. The molecule has 0 bridgehead atoms. The Kier molecular flexibility index (Phi) is 5.34. The van der Waals surface area contributed by atoms with Crippen molar-refractivity contribution in [3.63, 3.8) is 0 Å². The third-order valence-corrected chi connectivity index (χ3v) is 4.92. The Morgan fingerprint density at radius 3 is 2.50 bits per heavy atom. The van der Waals surface area contributed by atoms with Crippen LogP contribution in [0, 0.1) is 13.8 Å². The van der Waals surface area contributed by atoms with E-state index < -0.39 is 0 Å². The molecule has 0 aliphatic rings. The van der Waals surface area contributed by atoms with Gasteiger partial charge in [0.25, 0.3) is 5.56 Å². The molecule has 0 aliphatic heterocycles. The van der Waals surface area contributed by atoms with Crippen LogP contribution in [0.2, 0.25) is 0 Å². The van der Waals surface area contributed by atoms with Crippen molar-refractivity contribution in [2.45, 2.75) is 47.1 Å². The zero-order valence-electron chi connectivity index (χ0n) is 13.7. The van der Waals surface area contributed by atoms with Crippen molar-refractivity contribution in [3.05, 3.63) is 27.1 Å². The van der Waals surface area contributed by atoms with Gasteiger partial charge in [0.05, 0.1) is 11.7 Å². The molecule has 0 fully saturated rings. The van der Waals surface area contributed by atoms with Gasteiger partial charge in [-0.3, -0.25) is 14.2 Å². The highest BCUT2D eigenvalue weighted by Gasteiger charge is 2.16. The first-order valence-electron chi connectivity index (χ1n) is 7.72. The highest BCUT2D eigenvalue weighted by Crippen LogP contribution is 2.25. The van der Waals surface area contributed by atoms with Gasteiger partial charge in [0.15, 0.2) is 0 Å². The second-order valence-electron chi connectivity index (χ2n) is 5.52. The molecule has 0 atom stereocenters. The Labute approximate surface area is 134 Å². The van der Waals surface area contributed by atoms with Gasteiger partial charge >= 0.3 is 0 Å². The third-order valence-electron chi connectivity index (χ3n) is 3.80. The minimum absolute atomic E-state index is 0.0171. The van der Waals surface area contributed by atoms with Crippen molar-refractivity contribution in [2.75, 3.05) is 13.1 Å². The molecule has 0 N–H and O–H groups in total. The predicted molar refractivity (Wildman–Crippen MR) is 90.5 cm³/mol. The summed E-state index contributed by atoms with van der Waals surface area (Å²) in [4.78, 5) is 33.0. The van der Waals surface area contributed by atoms with Crippen molar-refractivity contribution in [3.8, 4) is 0 Å². The molecule has 2 rings (SSSR count). The number of carbonyl (C=O) groups is 1. The lowest BCUT2D eigenvalue weighted by Crippen LogP contribution is -2.37. The van der Waals surface area contributed by atoms with Crippen LogP contribution in [0.3, 0.4) is 0 Å². The van der Waals surface area contributed by atoms with Gasteiger partial charge in [-0.1, -0.05) is 13.8 Å². The quantitative estimate of drug-likeness (QED) is 0.822. The van der Waals surface area contributed by atoms with Gasteiger partial charge in [0.1, 0.15) is 11.4 Å². The second-order valence-corrected chi connectivity index (χ2v) is 6.73. The van der Waals surface area contributed by atoms with E-state index in [1.54, 1.807) is 0 Å². The largest absolute Gasteiger partial charge is 0.341 e. The molecule has 5 nitrogen and oxygen atoms in total. The highest BCUT2D eigenvalue weighted by molar-refractivity contribution is 7.18. The minimum Gasteiger partial charge on any atom is -0.341 e. The average molecular weight is 321 g/mol. The Bertz CT molecular complexity index is 727. The van der Waals surface area contributed by atoms with E-state index >= 15 is 0 Å². The summed E-state index contributed by atoms with van der Waals surface area (Å²) in [5, 5.41) is 0.648. The van der Waals surface area contributed by atoms with E-state index in [9.17, 15) is 9.59 Å². The number of rotatable bonds is 6. The molecule has 0 saturated carbocycles. The standard InChI is InChI=1S/C16H23N3O2S/c1-5-7-18(8-6-2)13(20)9-19-10-17-15-14(16(19)21)11(3)12(4)22-15/h10H,5-9H2,1-4H3. The van der Waals surface area contributed by atoms with E-state index in [2.05, 4.69) is 4.98 Å². The minimum atomic E-state index is -0.117. The number of hydrogen-bond acceptors (Lipinski definition) is 4. The van der Waals surface area contributed by atoms with Gasteiger partial charge in [-0.05, 0) is 32.3 Å². The summed E-state index contributed by atoms with van der Waals surface area (Å²) in [6.07, 6.45) is 3.33. The van der Waals surface area contributed by atoms with Crippen molar-refractivity contribution in [1.29, 1.82) is 0 Å². The smallest absolute Gasteiger partial charge is 0.262 e. The molecule has 0 aromatic carbocycles. The van der Waals surface area contributed by atoms with E-state index in [4.69, 9.17) is 0 Å². The van der Waals surface area contributed by atoms with E-state index in [1.165, 1.54) is 22.2 Å². The first-order chi connectivity index (χ1) is 10.5. The topological polar surface area (TPSA) is 55.2 Å². The van der Waals surface area contributed by atoms with Gasteiger partial charge < -0.3 is 4.90 Å². The summed E-state index contributed by atoms with van der Waals surface area (Å²) in [5.41, 5.74) is 0.853. The molecule has 0 radical (unpaired) electrons. The van der Waals surface area contributed by atoms with Crippen LogP contribution < -0.4 is 5.56 Å². The number of fused-ring (bicyclic) bond motifs is 1. The number of aryl methyl sites for hydroxylation is 2. The summed E-state index contributed by atoms with van der Waals surface area (Å²) in [6, 6.07) is 0. The monoisotopic (exact) mass is 321 g/mol. The van der Waals surface area contributed by atoms with Gasteiger partial charge in [0.2, 0.25) is 5.91 Å². The van der Waals surface area contributed by atoms with E-state index in [0.29, 0.717) is 5.39 Å². The SMILES string of the molecule is CCCN(CCC)C(=O)Cn1cnc2sc(C)c(C)c2c1=O. The lowest BCUT2D eigenvalue weighted by atomic mass is 10.2. The summed E-state index contributed by atoms with van der Waals surface area (Å²) in [7, 11) is 0. The maximum atomic E-state index is 12.6. The normalized spacial score (nSPS) is 11.1. The zero-order chi connectivity index (χ0) is 16.3. The van der Waals surface area contributed by atoms with Crippen LogP contribution in [-0.4, -0.2) is 33.4 Å². The molecule has 6 heteroatoms. The van der Waals surface area contributed by atoms with Crippen LogP contribution in [-0.2, 0) is 11.3 Å². The third kappa shape index (κ3) is 3.21. The van der Waals surface area contributed by atoms with Crippen molar-refractivity contribution in [1.82, 2.24) is 14.5 Å². The maximum absolute atomic E-state index is 12.6. The van der Waals surface area contributed by atoms with Crippen LogP contribution in [0.5, 0.6) is 0 Å². The van der Waals surface area contributed by atoms with Gasteiger partial charge in [0, 0.05) is 18.0 Å². The molecule has 0 aliphatic carbocycles. The van der Waals surface area contributed by atoms with Crippen LogP contribution in [0.15, 0.2) is 11.1 Å². The molecule has 0 unspecified atom stereocenters. The number of hydrogen-bond donors (Lipinski definition) is 0.